The van der Waals surface area contributed by atoms with Crippen LogP contribution in [0.4, 0.5) is 4.39 Å². The van der Waals surface area contributed by atoms with E-state index in [9.17, 15) is 14.0 Å². The summed E-state index contributed by atoms with van der Waals surface area (Å²) in [5.74, 6) is -3.35. The van der Waals surface area contributed by atoms with E-state index in [1.54, 1.807) is 0 Å². The Balaban J connectivity index is 2.14. The zero-order valence-corrected chi connectivity index (χ0v) is 8.79. The van der Waals surface area contributed by atoms with Crippen molar-refractivity contribution in [2.45, 2.75) is 0 Å². The SMILES string of the molecule is O=C(Oc1cccc(F)c1)c1cc(C(=O)O)on1. The Hall–Kier alpha value is -2.70. The van der Waals surface area contributed by atoms with Gasteiger partial charge in [0.05, 0.1) is 0 Å². The number of aromatic nitrogens is 1. The summed E-state index contributed by atoms with van der Waals surface area (Å²) in [5.41, 5.74) is -0.309. The van der Waals surface area contributed by atoms with Gasteiger partial charge in [0.1, 0.15) is 11.6 Å². The van der Waals surface area contributed by atoms with Crippen molar-refractivity contribution in [3.8, 4) is 5.75 Å². The summed E-state index contributed by atoms with van der Waals surface area (Å²) >= 11 is 0. The molecule has 0 radical (unpaired) electrons. The Kier molecular flexibility index (Phi) is 3.05. The van der Waals surface area contributed by atoms with E-state index in [0.717, 1.165) is 12.1 Å². The van der Waals surface area contributed by atoms with Gasteiger partial charge in [-0.1, -0.05) is 11.2 Å². The number of halogens is 1. The van der Waals surface area contributed by atoms with Gasteiger partial charge in [0, 0.05) is 12.1 Å². The standard InChI is InChI=1S/C11H6FNO5/c12-6-2-1-3-7(4-6)17-11(16)8-5-9(10(14)15)18-13-8/h1-5H,(H,14,15). The molecule has 1 heterocycles. The van der Waals surface area contributed by atoms with Gasteiger partial charge >= 0.3 is 11.9 Å². The first-order valence-corrected chi connectivity index (χ1v) is 4.74. The van der Waals surface area contributed by atoms with E-state index in [2.05, 4.69) is 9.68 Å². The minimum Gasteiger partial charge on any atom is -0.475 e. The fourth-order valence-corrected chi connectivity index (χ4v) is 1.16. The smallest absolute Gasteiger partial charge is 0.374 e. The normalized spacial score (nSPS) is 10.1. The highest BCUT2D eigenvalue weighted by Gasteiger charge is 2.18. The summed E-state index contributed by atoms with van der Waals surface area (Å²) in [5, 5.41) is 11.8. The van der Waals surface area contributed by atoms with Crippen LogP contribution in [-0.2, 0) is 0 Å². The maximum absolute atomic E-state index is 12.8. The number of rotatable bonds is 3. The summed E-state index contributed by atoms with van der Waals surface area (Å²) in [6.07, 6.45) is 0. The Labute approximate surface area is 99.6 Å². The van der Waals surface area contributed by atoms with Gasteiger partial charge < -0.3 is 14.4 Å². The third-order valence-electron chi connectivity index (χ3n) is 1.94. The van der Waals surface area contributed by atoms with Crippen LogP contribution in [0.5, 0.6) is 5.75 Å². The molecular weight excluding hydrogens is 245 g/mol. The lowest BCUT2D eigenvalue weighted by Gasteiger charge is -2.00. The fourth-order valence-electron chi connectivity index (χ4n) is 1.16. The topological polar surface area (TPSA) is 89.6 Å². The highest BCUT2D eigenvalue weighted by molar-refractivity contribution is 5.92. The van der Waals surface area contributed by atoms with E-state index >= 15 is 0 Å². The third kappa shape index (κ3) is 2.51. The maximum Gasteiger partial charge on any atom is 0.374 e. The molecule has 0 aliphatic carbocycles. The summed E-state index contributed by atoms with van der Waals surface area (Å²) in [4.78, 5) is 22.0. The molecule has 2 aromatic rings. The molecule has 0 unspecified atom stereocenters. The molecule has 0 atom stereocenters. The Bertz CT molecular complexity index is 607. The Morgan fingerprint density at radius 3 is 2.72 bits per heavy atom. The van der Waals surface area contributed by atoms with Crippen molar-refractivity contribution in [1.29, 1.82) is 0 Å². The van der Waals surface area contributed by atoms with Crippen molar-refractivity contribution < 1.29 is 28.3 Å². The first-order valence-electron chi connectivity index (χ1n) is 4.74. The van der Waals surface area contributed by atoms with Crippen molar-refractivity contribution in [3.05, 3.63) is 47.6 Å². The van der Waals surface area contributed by atoms with E-state index in [4.69, 9.17) is 9.84 Å². The van der Waals surface area contributed by atoms with Gasteiger partial charge in [0.2, 0.25) is 5.76 Å². The number of carboxylic acids is 1. The van der Waals surface area contributed by atoms with E-state index < -0.39 is 23.5 Å². The lowest BCUT2D eigenvalue weighted by atomic mass is 10.3. The highest BCUT2D eigenvalue weighted by atomic mass is 19.1. The van der Waals surface area contributed by atoms with E-state index in [-0.39, 0.29) is 11.4 Å². The Morgan fingerprint density at radius 1 is 1.33 bits per heavy atom. The molecule has 0 bridgehead atoms. The number of nitrogens with zero attached hydrogens (tertiary/aromatic N) is 1. The number of ether oxygens (including phenoxy) is 1. The van der Waals surface area contributed by atoms with Gasteiger partial charge in [-0.25, -0.2) is 14.0 Å². The van der Waals surface area contributed by atoms with Gasteiger partial charge in [-0.2, -0.15) is 0 Å². The van der Waals surface area contributed by atoms with Gasteiger partial charge in [0.25, 0.3) is 0 Å². The average Bonchev–Trinajstić information content (AvgIpc) is 2.78. The van der Waals surface area contributed by atoms with Crippen molar-refractivity contribution in [2.24, 2.45) is 0 Å². The molecule has 0 saturated heterocycles. The van der Waals surface area contributed by atoms with E-state index in [0.29, 0.717) is 0 Å². The van der Waals surface area contributed by atoms with E-state index in [1.807, 2.05) is 0 Å². The molecule has 92 valence electrons. The van der Waals surface area contributed by atoms with Crippen LogP contribution in [0.1, 0.15) is 21.0 Å². The minimum absolute atomic E-state index is 0.0140. The van der Waals surface area contributed by atoms with E-state index in [1.165, 1.54) is 18.2 Å². The highest BCUT2D eigenvalue weighted by Crippen LogP contribution is 2.14. The van der Waals surface area contributed by atoms with Crippen LogP contribution >= 0.6 is 0 Å². The number of benzene rings is 1. The molecule has 2 rings (SSSR count). The van der Waals surface area contributed by atoms with Crippen LogP contribution in [0, 0.1) is 5.82 Å². The molecule has 6 nitrogen and oxygen atoms in total. The lowest BCUT2D eigenvalue weighted by Crippen LogP contribution is -2.08. The molecular formula is C11H6FNO5. The van der Waals surface area contributed by atoms with Crippen LogP contribution in [0.3, 0.4) is 0 Å². The van der Waals surface area contributed by atoms with Gasteiger partial charge in [0.15, 0.2) is 5.69 Å². The van der Waals surface area contributed by atoms with Crippen LogP contribution in [0.2, 0.25) is 0 Å². The second kappa shape index (κ2) is 4.66. The predicted octanol–water partition coefficient (Wildman–Crippen LogP) is 1.73. The minimum atomic E-state index is -1.35. The molecule has 0 saturated carbocycles. The van der Waals surface area contributed by atoms with Crippen molar-refractivity contribution >= 4 is 11.9 Å². The first-order chi connectivity index (χ1) is 8.56. The van der Waals surface area contributed by atoms with Crippen LogP contribution in [-0.4, -0.2) is 22.2 Å². The van der Waals surface area contributed by atoms with Crippen molar-refractivity contribution in [3.63, 3.8) is 0 Å². The van der Waals surface area contributed by atoms with Crippen molar-refractivity contribution in [1.82, 2.24) is 5.16 Å². The quantitative estimate of drug-likeness (QED) is 0.660. The second-order valence-electron chi connectivity index (χ2n) is 3.23. The number of hydrogen-bond donors (Lipinski definition) is 1. The molecule has 0 aliphatic heterocycles. The van der Waals surface area contributed by atoms with Crippen LogP contribution in [0.25, 0.3) is 0 Å². The molecule has 0 amide bonds. The number of carbonyl (C=O) groups excluding carboxylic acids is 1. The second-order valence-corrected chi connectivity index (χ2v) is 3.23. The first kappa shape index (κ1) is 11.8. The van der Waals surface area contributed by atoms with Gasteiger partial charge in [-0.3, -0.25) is 0 Å². The maximum atomic E-state index is 12.8. The predicted molar refractivity (Wildman–Crippen MR) is 54.8 cm³/mol. The molecule has 1 N–H and O–H groups in total. The fraction of sp³-hybridized carbons (Fsp3) is 0. The van der Waals surface area contributed by atoms with Crippen molar-refractivity contribution in [2.75, 3.05) is 0 Å². The number of carbonyl (C=O) groups is 2. The number of hydrogen-bond acceptors (Lipinski definition) is 5. The van der Waals surface area contributed by atoms with Crippen LogP contribution in [0.15, 0.2) is 34.9 Å². The number of aromatic carboxylic acids is 1. The molecule has 1 aromatic carbocycles. The Morgan fingerprint density at radius 2 is 2.11 bits per heavy atom. The van der Waals surface area contributed by atoms with Gasteiger partial charge in [-0.15, -0.1) is 0 Å². The molecule has 7 heteroatoms. The molecule has 18 heavy (non-hydrogen) atoms. The van der Waals surface area contributed by atoms with Gasteiger partial charge in [-0.05, 0) is 12.1 Å². The molecule has 0 aliphatic rings. The number of esters is 1. The molecule has 1 aromatic heterocycles. The molecule has 0 fully saturated rings. The zero-order valence-electron chi connectivity index (χ0n) is 8.79. The summed E-state index contributed by atoms with van der Waals surface area (Å²) in [6.45, 7) is 0. The summed E-state index contributed by atoms with van der Waals surface area (Å²) in [7, 11) is 0. The average molecular weight is 251 g/mol. The lowest BCUT2D eigenvalue weighted by molar-refractivity contribution is 0.0647. The largest absolute Gasteiger partial charge is 0.475 e. The monoisotopic (exact) mass is 251 g/mol. The third-order valence-corrected chi connectivity index (χ3v) is 1.94. The summed E-state index contributed by atoms with van der Waals surface area (Å²) < 4.78 is 22.0. The molecule has 0 spiro atoms. The summed E-state index contributed by atoms with van der Waals surface area (Å²) in [6, 6.07) is 5.86. The number of carboxylic acid groups (broad SMARTS) is 1. The zero-order chi connectivity index (χ0) is 13.1. The van der Waals surface area contributed by atoms with Crippen LogP contribution < -0.4 is 4.74 Å².